The van der Waals surface area contributed by atoms with Crippen molar-refractivity contribution in [1.29, 1.82) is 0 Å². The third-order valence-electron chi connectivity index (χ3n) is 5.26. The maximum absolute atomic E-state index is 5.63. The molecule has 2 N–H and O–H groups in total. The summed E-state index contributed by atoms with van der Waals surface area (Å²) < 4.78 is 7.62. The van der Waals surface area contributed by atoms with Gasteiger partial charge in [-0.05, 0) is 39.1 Å². The fourth-order valence-electron chi connectivity index (χ4n) is 3.69. The van der Waals surface area contributed by atoms with Gasteiger partial charge in [-0.3, -0.25) is 0 Å². The normalized spacial score (nSPS) is 13.8. The monoisotopic (exact) mass is 393 g/mol. The molecule has 0 fully saturated rings. The molecule has 8 nitrogen and oxygen atoms in total. The molecule has 0 atom stereocenters. The molecule has 1 aliphatic heterocycles. The molecule has 0 radical (unpaired) electrons. The Morgan fingerprint density at radius 3 is 2.72 bits per heavy atom. The highest BCUT2D eigenvalue weighted by Gasteiger charge is 2.22. The van der Waals surface area contributed by atoms with Crippen LogP contribution >= 0.6 is 0 Å². The molecule has 29 heavy (non-hydrogen) atoms. The molecule has 0 aliphatic carbocycles. The van der Waals surface area contributed by atoms with Gasteiger partial charge in [-0.1, -0.05) is 0 Å². The van der Waals surface area contributed by atoms with Gasteiger partial charge in [0.2, 0.25) is 5.95 Å². The van der Waals surface area contributed by atoms with E-state index in [2.05, 4.69) is 39.5 Å². The summed E-state index contributed by atoms with van der Waals surface area (Å²) in [6.07, 6.45) is 0.962. The molecule has 2 aromatic heterocycles. The number of hydrogen-bond donors (Lipinski definition) is 2. The van der Waals surface area contributed by atoms with E-state index in [1.54, 1.807) is 7.11 Å². The van der Waals surface area contributed by atoms with Crippen molar-refractivity contribution in [2.24, 2.45) is 0 Å². The molecule has 1 aromatic carbocycles. The van der Waals surface area contributed by atoms with Crippen LogP contribution in [0.15, 0.2) is 24.3 Å². The number of likely N-dealkylation sites (N-methyl/N-ethyl adjacent to an activating group) is 1. The lowest BCUT2D eigenvalue weighted by molar-refractivity contribution is 0.311. The molecule has 1 aliphatic rings. The largest absolute Gasteiger partial charge is 0.494 e. The molecule has 0 bridgehead atoms. The lowest BCUT2D eigenvalue weighted by atomic mass is 10.1. The first-order valence-corrected chi connectivity index (χ1v) is 9.73. The summed E-state index contributed by atoms with van der Waals surface area (Å²) in [5.41, 5.74) is 6.28. The van der Waals surface area contributed by atoms with Gasteiger partial charge in [0.25, 0.3) is 0 Å². The fourth-order valence-corrected chi connectivity index (χ4v) is 3.69. The summed E-state index contributed by atoms with van der Waals surface area (Å²) in [4.78, 5) is 11.3. The van der Waals surface area contributed by atoms with Gasteiger partial charge in [0.05, 0.1) is 12.8 Å². The van der Waals surface area contributed by atoms with Gasteiger partial charge in [-0.15, -0.1) is 0 Å². The van der Waals surface area contributed by atoms with Crippen LogP contribution in [0, 0.1) is 13.8 Å². The molecular weight excluding hydrogens is 366 g/mol. The minimum atomic E-state index is 0.545. The van der Waals surface area contributed by atoms with E-state index in [9.17, 15) is 0 Å². The molecule has 152 valence electrons. The van der Waals surface area contributed by atoms with Gasteiger partial charge >= 0.3 is 0 Å². The van der Waals surface area contributed by atoms with Crippen LogP contribution in [-0.2, 0) is 13.0 Å². The van der Waals surface area contributed by atoms with Crippen molar-refractivity contribution in [3.05, 3.63) is 46.9 Å². The smallest absolute Gasteiger partial charge is 0.229 e. The minimum Gasteiger partial charge on any atom is -0.494 e. The first-order chi connectivity index (χ1) is 14.0. The number of nitrogens with one attached hydrogen (secondary N) is 2. The van der Waals surface area contributed by atoms with Gasteiger partial charge in [-0.25, -0.2) is 9.67 Å². The van der Waals surface area contributed by atoms with Crippen LogP contribution in [-0.4, -0.2) is 52.4 Å². The minimum absolute atomic E-state index is 0.545. The summed E-state index contributed by atoms with van der Waals surface area (Å²) in [5.74, 6) is 2.09. The molecule has 0 spiro atoms. The van der Waals surface area contributed by atoms with Crippen LogP contribution in [0.5, 0.6) is 5.75 Å². The number of methoxy groups -OCH3 is 1. The second kappa shape index (κ2) is 7.71. The van der Waals surface area contributed by atoms with E-state index in [1.807, 2.05) is 42.9 Å². The number of benzene rings is 1. The molecule has 0 unspecified atom stereocenters. The zero-order valence-corrected chi connectivity index (χ0v) is 17.6. The van der Waals surface area contributed by atoms with E-state index in [0.717, 1.165) is 53.8 Å². The van der Waals surface area contributed by atoms with Crippen molar-refractivity contribution in [1.82, 2.24) is 24.6 Å². The molecule has 4 rings (SSSR count). The maximum atomic E-state index is 5.63. The zero-order valence-electron chi connectivity index (χ0n) is 17.6. The Balaban J connectivity index is 1.73. The van der Waals surface area contributed by atoms with Gasteiger partial charge in [0.1, 0.15) is 17.3 Å². The van der Waals surface area contributed by atoms with Gasteiger partial charge < -0.3 is 20.3 Å². The van der Waals surface area contributed by atoms with Crippen LogP contribution < -0.4 is 15.4 Å². The summed E-state index contributed by atoms with van der Waals surface area (Å²) in [6.45, 7) is 6.02. The highest BCUT2D eigenvalue weighted by Crippen LogP contribution is 2.31. The predicted octanol–water partition coefficient (Wildman–Crippen LogP) is 3.06. The van der Waals surface area contributed by atoms with Crippen molar-refractivity contribution in [3.8, 4) is 11.4 Å². The third kappa shape index (κ3) is 3.75. The van der Waals surface area contributed by atoms with Crippen LogP contribution in [0.4, 0.5) is 17.5 Å². The fraction of sp³-hybridized carbons (Fsp3) is 0.381. The van der Waals surface area contributed by atoms with Crippen molar-refractivity contribution in [2.45, 2.75) is 26.8 Å². The van der Waals surface area contributed by atoms with E-state index in [-0.39, 0.29) is 0 Å². The quantitative estimate of drug-likeness (QED) is 0.689. The van der Waals surface area contributed by atoms with Gasteiger partial charge in [-0.2, -0.15) is 10.1 Å². The summed E-state index contributed by atoms with van der Waals surface area (Å²) in [7, 11) is 5.67. The van der Waals surface area contributed by atoms with E-state index in [0.29, 0.717) is 5.95 Å². The van der Waals surface area contributed by atoms with Gasteiger partial charge in [0.15, 0.2) is 0 Å². The Morgan fingerprint density at radius 2 is 1.97 bits per heavy atom. The summed E-state index contributed by atoms with van der Waals surface area (Å²) in [5, 5.41) is 11.3. The number of fused-ring (bicyclic) bond motifs is 1. The number of nitrogens with zero attached hydrogens (tertiary/aromatic N) is 5. The molecule has 0 amide bonds. The molecule has 8 heteroatoms. The lowest BCUT2D eigenvalue weighted by Crippen LogP contribution is -2.26. The number of aryl methyl sites for hydroxylation is 1. The van der Waals surface area contributed by atoms with Crippen molar-refractivity contribution in [2.75, 3.05) is 38.4 Å². The van der Waals surface area contributed by atoms with Crippen LogP contribution in [0.3, 0.4) is 0 Å². The van der Waals surface area contributed by atoms with Crippen molar-refractivity contribution < 1.29 is 4.74 Å². The Morgan fingerprint density at radius 1 is 1.14 bits per heavy atom. The third-order valence-corrected chi connectivity index (χ3v) is 5.26. The first-order valence-electron chi connectivity index (χ1n) is 9.73. The van der Waals surface area contributed by atoms with E-state index < -0.39 is 0 Å². The van der Waals surface area contributed by atoms with Crippen LogP contribution in [0.2, 0.25) is 0 Å². The number of hydrogen-bond acceptors (Lipinski definition) is 7. The topological polar surface area (TPSA) is 80.1 Å². The van der Waals surface area contributed by atoms with Gasteiger partial charge in [0, 0.05) is 55.3 Å². The lowest BCUT2D eigenvalue weighted by Gasteiger charge is -2.21. The average molecular weight is 393 g/mol. The predicted molar refractivity (Wildman–Crippen MR) is 114 cm³/mol. The Bertz CT molecular complexity index is 1040. The second-order valence-corrected chi connectivity index (χ2v) is 7.39. The first kappa shape index (κ1) is 19.2. The van der Waals surface area contributed by atoms with Crippen LogP contribution in [0.1, 0.15) is 22.6 Å². The Labute approximate surface area is 170 Å². The Kier molecular flexibility index (Phi) is 5.10. The molecule has 0 saturated heterocycles. The van der Waals surface area contributed by atoms with E-state index >= 15 is 0 Å². The van der Waals surface area contributed by atoms with E-state index in [4.69, 9.17) is 9.84 Å². The maximum Gasteiger partial charge on any atom is 0.229 e. The molecule has 3 heterocycles. The van der Waals surface area contributed by atoms with Crippen LogP contribution in [0.25, 0.3) is 5.69 Å². The highest BCUT2D eigenvalue weighted by atomic mass is 16.5. The number of ether oxygens (including phenoxy) is 1. The number of anilines is 3. The zero-order chi connectivity index (χ0) is 20.5. The average Bonchev–Trinajstić information content (AvgIpc) is 3.03. The standard InChI is InChI=1S/C21H27N7O/c1-13-10-20(22-3)25-21(23-13)24-15-6-7-19(29-5)18(11-15)28-14(2)16-12-27(4)9-8-17(16)26-28/h6-7,10-11H,8-9,12H2,1-5H3,(H2,22,23,24,25). The summed E-state index contributed by atoms with van der Waals surface area (Å²) >= 11 is 0. The van der Waals surface area contributed by atoms with E-state index in [1.165, 1.54) is 11.3 Å². The number of rotatable bonds is 5. The highest BCUT2D eigenvalue weighted by molar-refractivity contribution is 5.63. The Hall–Kier alpha value is -3.13. The summed E-state index contributed by atoms with van der Waals surface area (Å²) in [6, 6.07) is 7.83. The SMILES string of the molecule is CNc1cc(C)nc(Nc2ccc(OC)c(-n3nc4c(c3C)CN(C)CC4)c2)n1. The molecule has 3 aromatic rings. The van der Waals surface area contributed by atoms with Crippen molar-refractivity contribution >= 4 is 17.5 Å². The molecule has 0 saturated carbocycles. The second-order valence-electron chi connectivity index (χ2n) is 7.39. The van der Waals surface area contributed by atoms with Crippen molar-refractivity contribution in [3.63, 3.8) is 0 Å². The molecular formula is C21H27N7O. The number of aromatic nitrogens is 4.